The zero-order valence-electron chi connectivity index (χ0n) is 5.46. The van der Waals surface area contributed by atoms with Crippen molar-refractivity contribution in [2.24, 2.45) is 0 Å². The molecule has 0 aliphatic heterocycles. The topological polar surface area (TPSA) is 22.0 Å². The molecular formula is C7H8BrNO. The fourth-order valence-corrected chi connectivity index (χ4v) is 1.12. The normalized spacial score (nSPS) is 9.70. The van der Waals surface area contributed by atoms with Crippen LogP contribution in [0, 0.1) is 0 Å². The van der Waals surface area contributed by atoms with E-state index in [2.05, 4.69) is 15.9 Å². The SMILES string of the molecule is O=c1ccccn1CCBr. The minimum Gasteiger partial charge on any atom is -0.315 e. The molecule has 0 fully saturated rings. The molecule has 10 heavy (non-hydrogen) atoms. The lowest BCUT2D eigenvalue weighted by Crippen LogP contribution is -2.17. The second-order valence-corrected chi connectivity index (χ2v) is 2.71. The van der Waals surface area contributed by atoms with Gasteiger partial charge in [-0.2, -0.15) is 0 Å². The summed E-state index contributed by atoms with van der Waals surface area (Å²) in [4.78, 5) is 11.0. The fraction of sp³-hybridized carbons (Fsp3) is 0.286. The summed E-state index contributed by atoms with van der Waals surface area (Å²) in [5, 5.41) is 0.816. The second-order valence-electron chi connectivity index (χ2n) is 1.92. The van der Waals surface area contributed by atoms with E-state index in [1.807, 2.05) is 6.07 Å². The number of aryl methyl sites for hydroxylation is 1. The maximum absolute atomic E-state index is 11.0. The summed E-state index contributed by atoms with van der Waals surface area (Å²) in [7, 11) is 0. The van der Waals surface area contributed by atoms with E-state index in [4.69, 9.17) is 0 Å². The number of alkyl halides is 1. The summed E-state index contributed by atoms with van der Waals surface area (Å²) in [5.74, 6) is 0. The third kappa shape index (κ3) is 1.70. The molecule has 0 saturated heterocycles. The van der Waals surface area contributed by atoms with Crippen molar-refractivity contribution in [1.29, 1.82) is 0 Å². The van der Waals surface area contributed by atoms with Crippen molar-refractivity contribution < 1.29 is 0 Å². The quantitative estimate of drug-likeness (QED) is 0.661. The number of hydrogen-bond acceptors (Lipinski definition) is 1. The Morgan fingerprint density at radius 2 is 2.30 bits per heavy atom. The van der Waals surface area contributed by atoms with Gasteiger partial charge in [0.15, 0.2) is 0 Å². The van der Waals surface area contributed by atoms with Crippen LogP contribution in [-0.2, 0) is 6.54 Å². The van der Waals surface area contributed by atoms with Crippen LogP contribution in [0.2, 0.25) is 0 Å². The fourth-order valence-electron chi connectivity index (χ4n) is 0.736. The molecule has 1 rings (SSSR count). The molecule has 0 bridgehead atoms. The number of nitrogens with zero attached hydrogens (tertiary/aromatic N) is 1. The Hall–Kier alpha value is -0.570. The van der Waals surface area contributed by atoms with Crippen LogP contribution < -0.4 is 5.56 Å². The van der Waals surface area contributed by atoms with Crippen LogP contribution in [0.25, 0.3) is 0 Å². The average Bonchev–Trinajstić information content (AvgIpc) is 1.94. The highest BCUT2D eigenvalue weighted by molar-refractivity contribution is 9.09. The van der Waals surface area contributed by atoms with Crippen LogP contribution in [0.3, 0.4) is 0 Å². The largest absolute Gasteiger partial charge is 0.315 e. The minimum absolute atomic E-state index is 0.0574. The van der Waals surface area contributed by atoms with Crippen LogP contribution >= 0.6 is 15.9 Å². The van der Waals surface area contributed by atoms with Crippen molar-refractivity contribution in [2.75, 3.05) is 5.33 Å². The lowest BCUT2D eigenvalue weighted by atomic mass is 10.5. The molecule has 0 aliphatic carbocycles. The molecule has 0 N–H and O–H groups in total. The highest BCUT2D eigenvalue weighted by atomic mass is 79.9. The molecule has 3 heteroatoms. The van der Waals surface area contributed by atoms with E-state index in [9.17, 15) is 4.79 Å². The molecule has 0 spiro atoms. The molecule has 1 aromatic heterocycles. The monoisotopic (exact) mass is 201 g/mol. The van der Waals surface area contributed by atoms with Crippen molar-refractivity contribution >= 4 is 15.9 Å². The van der Waals surface area contributed by atoms with Gasteiger partial charge in [-0.05, 0) is 6.07 Å². The summed E-state index contributed by atoms with van der Waals surface area (Å²) in [5.41, 5.74) is 0.0574. The molecule has 0 aliphatic rings. The van der Waals surface area contributed by atoms with Crippen LogP contribution in [0.15, 0.2) is 29.2 Å². The first-order chi connectivity index (χ1) is 4.84. The Morgan fingerprint density at radius 3 is 2.90 bits per heavy atom. The second kappa shape index (κ2) is 3.56. The van der Waals surface area contributed by atoms with Crippen molar-refractivity contribution in [3.05, 3.63) is 34.7 Å². The maximum Gasteiger partial charge on any atom is 0.250 e. The first-order valence-electron chi connectivity index (χ1n) is 3.06. The van der Waals surface area contributed by atoms with Crippen molar-refractivity contribution in [2.45, 2.75) is 6.54 Å². The van der Waals surface area contributed by atoms with E-state index in [1.165, 1.54) is 0 Å². The predicted octanol–water partition coefficient (Wildman–Crippen LogP) is 1.24. The first-order valence-corrected chi connectivity index (χ1v) is 4.18. The van der Waals surface area contributed by atoms with Gasteiger partial charge in [0.2, 0.25) is 0 Å². The van der Waals surface area contributed by atoms with E-state index in [0.717, 1.165) is 11.9 Å². The summed E-state index contributed by atoms with van der Waals surface area (Å²) in [6, 6.07) is 5.15. The highest BCUT2D eigenvalue weighted by Gasteiger charge is 1.88. The van der Waals surface area contributed by atoms with Gasteiger partial charge in [0.05, 0.1) is 0 Å². The summed E-state index contributed by atoms with van der Waals surface area (Å²) < 4.78 is 1.66. The number of pyridine rings is 1. The number of halogens is 1. The number of aromatic nitrogens is 1. The van der Waals surface area contributed by atoms with Gasteiger partial charge in [-0.25, -0.2) is 0 Å². The van der Waals surface area contributed by atoms with Gasteiger partial charge in [0.25, 0.3) is 5.56 Å². The lowest BCUT2D eigenvalue weighted by Gasteiger charge is -1.98. The number of rotatable bonds is 2. The Labute approximate surface area is 67.6 Å². The van der Waals surface area contributed by atoms with Crippen LogP contribution in [0.1, 0.15) is 0 Å². The Bertz CT molecular complexity index is 256. The van der Waals surface area contributed by atoms with Gasteiger partial charge in [0, 0.05) is 24.1 Å². The Balaban J connectivity index is 2.92. The zero-order chi connectivity index (χ0) is 7.40. The van der Waals surface area contributed by atoms with E-state index in [0.29, 0.717) is 0 Å². The molecule has 1 heterocycles. The van der Waals surface area contributed by atoms with Gasteiger partial charge in [0.1, 0.15) is 0 Å². The summed E-state index contributed by atoms with van der Waals surface area (Å²) in [6.45, 7) is 0.736. The van der Waals surface area contributed by atoms with E-state index < -0.39 is 0 Å². The summed E-state index contributed by atoms with van der Waals surface area (Å²) >= 11 is 3.26. The molecule has 0 radical (unpaired) electrons. The Morgan fingerprint density at radius 1 is 1.50 bits per heavy atom. The molecule has 2 nitrogen and oxygen atoms in total. The van der Waals surface area contributed by atoms with Crippen molar-refractivity contribution in [3.8, 4) is 0 Å². The molecule has 0 atom stereocenters. The third-order valence-electron chi connectivity index (χ3n) is 1.22. The number of hydrogen-bond donors (Lipinski definition) is 0. The average molecular weight is 202 g/mol. The van der Waals surface area contributed by atoms with E-state index in [-0.39, 0.29) is 5.56 Å². The molecule has 54 valence electrons. The van der Waals surface area contributed by atoms with E-state index in [1.54, 1.807) is 22.9 Å². The molecule has 0 unspecified atom stereocenters. The van der Waals surface area contributed by atoms with Gasteiger partial charge in [-0.15, -0.1) is 0 Å². The van der Waals surface area contributed by atoms with Gasteiger partial charge < -0.3 is 4.57 Å². The molecular weight excluding hydrogens is 194 g/mol. The van der Waals surface area contributed by atoms with Crippen molar-refractivity contribution in [3.63, 3.8) is 0 Å². The molecule has 1 aromatic rings. The summed E-state index contributed by atoms with van der Waals surface area (Å²) in [6.07, 6.45) is 1.78. The molecule has 0 amide bonds. The lowest BCUT2D eigenvalue weighted by molar-refractivity contribution is 0.738. The Kier molecular flexibility index (Phi) is 2.68. The van der Waals surface area contributed by atoms with E-state index >= 15 is 0 Å². The van der Waals surface area contributed by atoms with Gasteiger partial charge in [-0.1, -0.05) is 22.0 Å². The maximum atomic E-state index is 11.0. The van der Waals surface area contributed by atoms with Crippen molar-refractivity contribution in [1.82, 2.24) is 4.57 Å². The van der Waals surface area contributed by atoms with Crippen LogP contribution in [-0.4, -0.2) is 9.90 Å². The first kappa shape index (κ1) is 7.54. The predicted molar refractivity (Wildman–Crippen MR) is 44.5 cm³/mol. The van der Waals surface area contributed by atoms with Gasteiger partial charge in [-0.3, -0.25) is 4.79 Å². The third-order valence-corrected chi connectivity index (χ3v) is 1.58. The molecule has 0 saturated carbocycles. The van der Waals surface area contributed by atoms with Crippen LogP contribution in [0.4, 0.5) is 0 Å². The van der Waals surface area contributed by atoms with Gasteiger partial charge >= 0.3 is 0 Å². The standard InChI is InChI=1S/C7H8BrNO/c8-4-6-9-5-2-1-3-7(9)10/h1-3,5H,4,6H2. The molecule has 0 aromatic carbocycles. The zero-order valence-corrected chi connectivity index (χ0v) is 7.04. The minimum atomic E-state index is 0.0574. The highest BCUT2D eigenvalue weighted by Crippen LogP contribution is 1.85. The smallest absolute Gasteiger partial charge is 0.250 e. The van der Waals surface area contributed by atoms with Crippen LogP contribution in [0.5, 0.6) is 0 Å².